The van der Waals surface area contributed by atoms with E-state index in [2.05, 4.69) is 5.32 Å². The van der Waals surface area contributed by atoms with Crippen LogP contribution in [0.3, 0.4) is 0 Å². The number of aliphatic hydroxyl groups is 3. The zero-order valence-electron chi connectivity index (χ0n) is 22.5. The van der Waals surface area contributed by atoms with Gasteiger partial charge in [-0.2, -0.15) is 0 Å². The van der Waals surface area contributed by atoms with Crippen molar-refractivity contribution >= 4 is 35.0 Å². The van der Waals surface area contributed by atoms with Crippen LogP contribution in [0.25, 0.3) is 5.76 Å². The van der Waals surface area contributed by atoms with Gasteiger partial charge in [-0.1, -0.05) is 17.7 Å². The number of nitrogens with two attached hydrogens (primary N) is 1. The average Bonchev–Trinajstić information content (AvgIpc) is 2.89. The van der Waals surface area contributed by atoms with Gasteiger partial charge < -0.3 is 30.9 Å². The van der Waals surface area contributed by atoms with Crippen molar-refractivity contribution in [3.8, 4) is 11.5 Å². The van der Waals surface area contributed by atoms with Crippen LogP contribution in [0, 0.1) is 18.8 Å². The Morgan fingerprint density at radius 2 is 1.73 bits per heavy atom. The minimum Gasteiger partial charge on any atom is -0.508 e. The molecule has 0 bridgehead atoms. The van der Waals surface area contributed by atoms with Crippen LogP contribution in [0.2, 0.25) is 0 Å². The van der Waals surface area contributed by atoms with E-state index in [9.17, 15) is 39.6 Å². The molecular weight excluding hydrogens is 534 g/mol. The number of benzene rings is 2. The topological polar surface area (TPSA) is 200 Å². The van der Waals surface area contributed by atoms with Crippen LogP contribution >= 0.6 is 0 Å². The molecule has 3 aliphatic rings. The van der Waals surface area contributed by atoms with Crippen molar-refractivity contribution in [3.63, 3.8) is 0 Å². The van der Waals surface area contributed by atoms with Gasteiger partial charge in [0.25, 0.3) is 5.91 Å². The molecule has 0 aliphatic heterocycles. The van der Waals surface area contributed by atoms with Crippen LogP contribution in [0.4, 0.5) is 10.5 Å². The lowest BCUT2D eigenvalue weighted by Gasteiger charge is -2.50. The SMILES string of the molecule is Cc1ccc(OC(=O)Nc2ccc(O)c3c2C[C@@H]2C[C@@H]4[C@@H](N(C)C)C(=O)C(C(N)=O)=C(O)[C@]4(O)C(=O)C2=C3O)cc1. The molecule has 0 unspecified atom stereocenters. The number of carbonyl (C=O) groups is 4. The summed E-state index contributed by atoms with van der Waals surface area (Å²) in [6.07, 6.45) is -0.887. The van der Waals surface area contributed by atoms with Gasteiger partial charge in [-0.3, -0.25) is 24.6 Å². The Labute approximate surface area is 234 Å². The summed E-state index contributed by atoms with van der Waals surface area (Å²) in [4.78, 5) is 53.3. The number of carbonyl (C=O) groups excluding carboxylic acids is 4. The molecule has 0 spiro atoms. The number of phenols is 1. The second-order valence-electron chi connectivity index (χ2n) is 10.8. The lowest BCUT2D eigenvalue weighted by molar-refractivity contribution is -0.153. The number of nitrogens with zero attached hydrogens (tertiary/aromatic N) is 1. The number of aromatic hydroxyl groups is 1. The highest BCUT2D eigenvalue weighted by Gasteiger charge is 2.64. The maximum atomic E-state index is 13.9. The molecule has 4 atom stereocenters. The normalized spacial score (nSPS) is 25.4. The average molecular weight is 564 g/mol. The molecule has 7 N–H and O–H groups in total. The standard InChI is InChI=1S/C29H29N3O9/c1-12-4-6-14(7-5-12)41-28(39)31-17-8-9-18(33)20-15(17)10-13-11-16-22(32(2)3)24(35)21(27(30)38)26(37)29(16,40)25(36)19(13)23(20)34/h4-9,13,16,22,33-34,37,40H,10-11H2,1-3H3,(H2,30,38)(H,31,39)/t13-,16-,22-,29-/m1/s1. The second kappa shape index (κ2) is 9.75. The fraction of sp³-hybridized carbons (Fsp3) is 0.310. The third kappa shape index (κ3) is 4.23. The van der Waals surface area contributed by atoms with Crippen molar-refractivity contribution in [2.75, 3.05) is 19.4 Å². The number of anilines is 1. The first-order valence-corrected chi connectivity index (χ1v) is 12.8. The van der Waals surface area contributed by atoms with Gasteiger partial charge in [-0.25, -0.2) is 4.79 Å². The van der Waals surface area contributed by atoms with E-state index in [0.717, 1.165) is 5.56 Å². The molecule has 0 aromatic heterocycles. The van der Waals surface area contributed by atoms with Crippen molar-refractivity contribution in [2.45, 2.75) is 31.4 Å². The smallest absolute Gasteiger partial charge is 0.417 e. The fourth-order valence-corrected chi connectivity index (χ4v) is 6.21. The zero-order chi connectivity index (χ0) is 30.0. The van der Waals surface area contributed by atoms with E-state index in [1.165, 1.54) is 31.1 Å². The number of aryl methyl sites for hydroxylation is 1. The van der Waals surface area contributed by atoms with E-state index in [0.29, 0.717) is 11.3 Å². The van der Waals surface area contributed by atoms with Gasteiger partial charge in [0.2, 0.25) is 5.78 Å². The number of nitrogens with one attached hydrogen (secondary N) is 1. The Kier molecular flexibility index (Phi) is 6.63. The zero-order valence-corrected chi connectivity index (χ0v) is 22.5. The first-order chi connectivity index (χ1) is 19.3. The van der Waals surface area contributed by atoms with Gasteiger partial charge in [0.15, 0.2) is 11.4 Å². The predicted molar refractivity (Wildman–Crippen MR) is 145 cm³/mol. The molecule has 1 saturated carbocycles. The number of rotatable bonds is 4. The van der Waals surface area contributed by atoms with Gasteiger partial charge in [0.05, 0.1) is 11.6 Å². The molecule has 2 aromatic rings. The largest absolute Gasteiger partial charge is 0.508 e. The molecular formula is C29H29N3O9. The summed E-state index contributed by atoms with van der Waals surface area (Å²) in [6, 6.07) is 8.23. The highest BCUT2D eigenvalue weighted by molar-refractivity contribution is 6.24. The summed E-state index contributed by atoms with van der Waals surface area (Å²) >= 11 is 0. The molecule has 12 heteroatoms. The summed E-state index contributed by atoms with van der Waals surface area (Å²) < 4.78 is 5.33. The molecule has 2 amide bonds. The molecule has 2 aromatic carbocycles. The van der Waals surface area contributed by atoms with E-state index >= 15 is 0 Å². The number of ketones is 2. The number of amides is 2. The first-order valence-electron chi connectivity index (χ1n) is 12.8. The summed E-state index contributed by atoms with van der Waals surface area (Å²) in [6.45, 7) is 1.88. The van der Waals surface area contributed by atoms with E-state index in [1.54, 1.807) is 24.3 Å². The lowest BCUT2D eigenvalue weighted by atomic mass is 9.57. The molecule has 41 heavy (non-hydrogen) atoms. The van der Waals surface area contributed by atoms with Gasteiger partial charge >= 0.3 is 6.09 Å². The second-order valence-corrected chi connectivity index (χ2v) is 10.8. The van der Waals surface area contributed by atoms with Gasteiger partial charge in [-0.15, -0.1) is 0 Å². The lowest BCUT2D eigenvalue weighted by Crippen LogP contribution is -2.65. The highest BCUT2D eigenvalue weighted by atomic mass is 16.6. The number of Topliss-reactive ketones (excluding diaryl/α,β-unsaturated/α-hetero) is 2. The maximum absolute atomic E-state index is 13.9. The summed E-state index contributed by atoms with van der Waals surface area (Å²) in [7, 11) is 3.04. The number of fused-ring (bicyclic) bond motifs is 3. The van der Waals surface area contributed by atoms with Crippen molar-refractivity contribution in [1.29, 1.82) is 0 Å². The summed E-state index contributed by atoms with van der Waals surface area (Å²) in [5.41, 5.74) is 2.78. The Balaban J connectivity index is 1.58. The molecule has 0 heterocycles. The first kappa shape index (κ1) is 27.9. The number of phenolic OH excluding ortho intramolecular Hbond substituents is 1. The highest BCUT2D eigenvalue weighted by Crippen LogP contribution is 2.53. The number of primary amides is 1. The van der Waals surface area contributed by atoms with Gasteiger partial charge in [-0.05, 0) is 69.6 Å². The van der Waals surface area contributed by atoms with Crippen LogP contribution in [0.5, 0.6) is 11.5 Å². The molecule has 0 saturated heterocycles. The Bertz CT molecular complexity index is 1570. The molecule has 3 aliphatic carbocycles. The van der Waals surface area contributed by atoms with E-state index in [1.807, 2.05) is 6.92 Å². The maximum Gasteiger partial charge on any atom is 0.417 e. The molecule has 12 nitrogen and oxygen atoms in total. The molecule has 5 rings (SSSR count). The minimum absolute atomic E-state index is 0.0169. The quantitative estimate of drug-likeness (QED) is 0.236. The summed E-state index contributed by atoms with van der Waals surface area (Å²) in [5, 5.41) is 47.1. The van der Waals surface area contributed by atoms with E-state index < -0.39 is 69.9 Å². The third-order valence-electron chi connectivity index (χ3n) is 8.07. The van der Waals surface area contributed by atoms with Crippen LogP contribution in [0.1, 0.15) is 23.1 Å². The van der Waals surface area contributed by atoms with Crippen LogP contribution in [0.15, 0.2) is 53.3 Å². The van der Waals surface area contributed by atoms with Gasteiger partial charge in [0, 0.05) is 17.2 Å². The minimum atomic E-state index is -2.73. The van der Waals surface area contributed by atoms with Crippen LogP contribution < -0.4 is 15.8 Å². The Morgan fingerprint density at radius 3 is 2.34 bits per heavy atom. The van der Waals surface area contributed by atoms with Crippen molar-refractivity contribution < 1.29 is 44.3 Å². The fourth-order valence-electron chi connectivity index (χ4n) is 6.21. The number of aliphatic hydroxyl groups excluding tert-OH is 2. The molecule has 1 fully saturated rings. The Hall–Kier alpha value is -4.68. The van der Waals surface area contributed by atoms with Crippen molar-refractivity contribution in [2.24, 2.45) is 17.6 Å². The van der Waals surface area contributed by atoms with E-state index in [4.69, 9.17) is 10.5 Å². The number of hydrogen-bond donors (Lipinski definition) is 6. The van der Waals surface area contributed by atoms with Gasteiger partial charge in [0.1, 0.15) is 28.6 Å². The number of hydrogen-bond acceptors (Lipinski definition) is 10. The predicted octanol–water partition coefficient (Wildman–Crippen LogP) is 1.88. The van der Waals surface area contributed by atoms with Crippen LogP contribution in [-0.4, -0.2) is 74.6 Å². The monoisotopic (exact) mass is 563 g/mol. The van der Waals surface area contributed by atoms with E-state index in [-0.39, 0.29) is 29.7 Å². The third-order valence-corrected chi connectivity index (χ3v) is 8.07. The summed E-state index contributed by atoms with van der Waals surface area (Å²) in [5.74, 6) is -7.17. The van der Waals surface area contributed by atoms with Crippen molar-refractivity contribution in [1.82, 2.24) is 4.90 Å². The number of ether oxygens (including phenoxy) is 1. The number of likely N-dealkylation sites (N-methyl/N-ethyl adjacent to an activating group) is 1. The van der Waals surface area contributed by atoms with Crippen molar-refractivity contribution in [3.05, 3.63) is 70.0 Å². The van der Waals surface area contributed by atoms with Crippen LogP contribution in [-0.2, 0) is 20.8 Å². The molecule has 0 radical (unpaired) electrons. The molecule has 214 valence electrons. The Morgan fingerprint density at radius 1 is 1.07 bits per heavy atom.